The first-order chi connectivity index (χ1) is 22.8. The summed E-state index contributed by atoms with van der Waals surface area (Å²) in [6.07, 6.45) is 5.16. The van der Waals surface area contributed by atoms with Gasteiger partial charge in [-0.25, -0.2) is 4.98 Å². The maximum Gasteiger partial charge on any atom is 0.274 e. The number of nitrogens with zero attached hydrogens (tertiary/aromatic N) is 4. The summed E-state index contributed by atoms with van der Waals surface area (Å²) in [6.45, 7) is 3.31. The molecule has 3 aromatic heterocycles. The van der Waals surface area contributed by atoms with Crippen LogP contribution >= 0.6 is 23.2 Å². The van der Waals surface area contributed by atoms with Crippen LogP contribution in [0.4, 0.5) is 5.69 Å². The van der Waals surface area contributed by atoms with Gasteiger partial charge < -0.3 is 25.8 Å². The number of β-amino-alcohol motifs (C(OH)–C–C–N with tert-alkyl or cyclic N) is 1. The molecule has 244 valence electrons. The second-order valence-electron chi connectivity index (χ2n) is 11.7. The molecule has 0 aliphatic carbocycles. The predicted molar refractivity (Wildman–Crippen MR) is 180 cm³/mol. The highest BCUT2D eigenvalue weighted by molar-refractivity contribution is 6.39. The number of methoxy groups -OCH3 is 1. The van der Waals surface area contributed by atoms with Crippen LogP contribution in [-0.2, 0) is 17.9 Å². The molecule has 11 nitrogen and oxygen atoms in total. The molecule has 6 rings (SSSR count). The van der Waals surface area contributed by atoms with E-state index in [-0.39, 0.29) is 28.8 Å². The average molecular weight is 677 g/mol. The lowest BCUT2D eigenvalue weighted by Gasteiger charge is -2.15. The van der Waals surface area contributed by atoms with Crippen molar-refractivity contribution in [2.24, 2.45) is 0 Å². The van der Waals surface area contributed by atoms with E-state index in [0.29, 0.717) is 71.7 Å². The molecule has 0 unspecified atom stereocenters. The van der Waals surface area contributed by atoms with Crippen molar-refractivity contribution in [2.75, 3.05) is 32.1 Å². The fourth-order valence-corrected chi connectivity index (χ4v) is 6.41. The van der Waals surface area contributed by atoms with Gasteiger partial charge in [0, 0.05) is 74.3 Å². The summed E-state index contributed by atoms with van der Waals surface area (Å²) in [4.78, 5) is 40.3. The highest BCUT2D eigenvalue weighted by Gasteiger charge is 2.22. The van der Waals surface area contributed by atoms with Crippen molar-refractivity contribution in [1.29, 1.82) is 0 Å². The van der Waals surface area contributed by atoms with Gasteiger partial charge in [-0.2, -0.15) is 0 Å². The Hall–Kier alpha value is -4.13. The second-order valence-corrected chi connectivity index (χ2v) is 12.4. The Morgan fingerprint density at radius 2 is 1.96 bits per heavy atom. The lowest BCUT2D eigenvalue weighted by atomic mass is 10.1. The first-order valence-corrected chi connectivity index (χ1v) is 16.2. The largest absolute Gasteiger partial charge is 0.481 e. The van der Waals surface area contributed by atoms with Crippen molar-refractivity contribution >= 4 is 40.7 Å². The van der Waals surface area contributed by atoms with E-state index in [0.717, 1.165) is 30.5 Å². The van der Waals surface area contributed by atoms with Crippen LogP contribution in [0.15, 0.2) is 60.9 Å². The number of anilines is 1. The zero-order chi connectivity index (χ0) is 32.9. The maximum atomic E-state index is 13.1. The van der Waals surface area contributed by atoms with Gasteiger partial charge in [0.2, 0.25) is 11.8 Å². The minimum atomic E-state index is -0.404. The quantitative estimate of drug-likeness (QED) is 0.178. The number of aromatic nitrogens is 3. The molecule has 5 heterocycles. The third-order valence-corrected chi connectivity index (χ3v) is 9.09. The van der Waals surface area contributed by atoms with Crippen molar-refractivity contribution in [2.45, 2.75) is 44.5 Å². The number of carbonyl (C=O) groups excluding carboxylic acids is 2. The number of hydrogen-bond acceptors (Lipinski definition) is 9. The van der Waals surface area contributed by atoms with E-state index in [1.54, 1.807) is 49.8 Å². The monoisotopic (exact) mass is 675 g/mol. The molecule has 2 saturated heterocycles. The minimum absolute atomic E-state index is 0.0849. The van der Waals surface area contributed by atoms with Gasteiger partial charge in [-0.1, -0.05) is 47.5 Å². The van der Waals surface area contributed by atoms with E-state index < -0.39 is 5.91 Å². The zero-order valence-electron chi connectivity index (χ0n) is 25.8. The summed E-state index contributed by atoms with van der Waals surface area (Å²) in [6, 6.07) is 14.5. The van der Waals surface area contributed by atoms with Crippen LogP contribution in [0.1, 0.15) is 40.9 Å². The minimum Gasteiger partial charge on any atom is -0.481 e. The first-order valence-electron chi connectivity index (χ1n) is 15.4. The normalized spacial score (nSPS) is 17.9. The number of rotatable bonds is 11. The highest BCUT2D eigenvalue weighted by atomic mass is 35.5. The summed E-state index contributed by atoms with van der Waals surface area (Å²) in [5, 5.41) is 19.6. The van der Waals surface area contributed by atoms with Crippen molar-refractivity contribution in [3.05, 3.63) is 87.8 Å². The van der Waals surface area contributed by atoms with Crippen LogP contribution in [0.3, 0.4) is 0 Å². The molecule has 1 aromatic carbocycles. The Morgan fingerprint density at radius 3 is 2.68 bits per heavy atom. The molecule has 2 aliphatic rings. The number of carbonyl (C=O) groups is 2. The number of benzene rings is 1. The summed E-state index contributed by atoms with van der Waals surface area (Å²) in [7, 11) is 1.57. The molecule has 47 heavy (non-hydrogen) atoms. The maximum absolute atomic E-state index is 13.1. The number of pyridine rings is 3. The van der Waals surface area contributed by atoms with Crippen molar-refractivity contribution < 1.29 is 19.4 Å². The number of halogens is 2. The summed E-state index contributed by atoms with van der Waals surface area (Å²) in [5.41, 5.74) is 4.68. The molecular weight excluding hydrogens is 641 g/mol. The van der Waals surface area contributed by atoms with Crippen molar-refractivity contribution in [1.82, 2.24) is 30.5 Å². The number of likely N-dealkylation sites (tertiary alicyclic amines) is 1. The lowest BCUT2D eigenvalue weighted by Crippen LogP contribution is -2.35. The highest BCUT2D eigenvalue weighted by Crippen LogP contribution is 2.40. The van der Waals surface area contributed by atoms with Gasteiger partial charge >= 0.3 is 0 Å². The van der Waals surface area contributed by atoms with Gasteiger partial charge in [0.25, 0.3) is 5.91 Å². The number of aliphatic hydroxyl groups excluding tert-OH is 1. The van der Waals surface area contributed by atoms with E-state index in [1.807, 2.05) is 18.2 Å². The van der Waals surface area contributed by atoms with Crippen LogP contribution in [0, 0.1) is 0 Å². The van der Waals surface area contributed by atoms with Crippen molar-refractivity contribution in [3.8, 4) is 28.4 Å². The Bertz CT molecular complexity index is 1770. The van der Waals surface area contributed by atoms with Crippen LogP contribution in [-0.4, -0.2) is 75.7 Å². The fourth-order valence-electron chi connectivity index (χ4n) is 5.84. The number of aliphatic hydroxyl groups is 1. The Labute approximate surface area is 282 Å². The van der Waals surface area contributed by atoms with Crippen LogP contribution in [0.25, 0.3) is 22.5 Å². The molecule has 2 atom stereocenters. The Balaban J connectivity index is 1.16. The zero-order valence-corrected chi connectivity index (χ0v) is 27.3. The SMILES string of the molecule is COc1nc(-c2ccnc(-c3cccc(NC(=O)c4ccc(CN5CC[C@H](O)C5)cn4)c3Cl)c2Cl)ccc1CNC[C@H]1CCC(=O)N1. The van der Waals surface area contributed by atoms with Crippen LogP contribution in [0.5, 0.6) is 5.88 Å². The van der Waals surface area contributed by atoms with E-state index in [4.69, 9.17) is 32.9 Å². The second kappa shape index (κ2) is 14.7. The molecule has 0 bridgehead atoms. The van der Waals surface area contributed by atoms with Crippen molar-refractivity contribution in [3.63, 3.8) is 0 Å². The summed E-state index contributed by atoms with van der Waals surface area (Å²) < 4.78 is 5.59. The Kier molecular flexibility index (Phi) is 10.3. The lowest BCUT2D eigenvalue weighted by molar-refractivity contribution is -0.119. The Morgan fingerprint density at radius 1 is 1.09 bits per heavy atom. The molecule has 0 spiro atoms. The molecule has 4 N–H and O–H groups in total. The number of hydrogen-bond donors (Lipinski definition) is 4. The summed E-state index contributed by atoms with van der Waals surface area (Å²) >= 11 is 13.8. The van der Waals surface area contributed by atoms with Crippen LogP contribution in [0.2, 0.25) is 10.0 Å². The molecule has 2 aliphatic heterocycles. The fraction of sp³-hybridized carbons (Fsp3) is 0.324. The van der Waals surface area contributed by atoms with E-state index in [1.165, 1.54) is 0 Å². The molecule has 0 radical (unpaired) electrons. The molecule has 2 amide bonds. The first kappa shape index (κ1) is 32.8. The molecule has 2 fully saturated rings. The van der Waals surface area contributed by atoms with Crippen LogP contribution < -0.4 is 20.7 Å². The third-order valence-electron chi connectivity index (χ3n) is 8.30. The van der Waals surface area contributed by atoms with Gasteiger partial charge in [0.1, 0.15) is 5.69 Å². The molecular formula is C34H35Cl2N7O4. The molecule has 13 heteroatoms. The standard InChI is InChI=1S/C34H35Cl2N7O4/c1-47-34-21(16-37-17-22-7-10-29(45)40-22)6-9-26(42-34)24-11-13-38-32(31(24)36)25-3-2-4-27(30(25)35)41-33(46)28-8-5-20(15-39-28)18-43-14-12-23(44)19-43/h2-6,8-9,11,13,15,22-23,37,44H,7,10,12,14,16-19H2,1H3,(H,40,45)(H,41,46)/t22-,23+/m1/s1. The summed E-state index contributed by atoms with van der Waals surface area (Å²) in [5.74, 6) is 0.139. The van der Waals surface area contributed by atoms with E-state index in [2.05, 4.69) is 30.8 Å². The average Bonchev–Trinajstić information content (AvgIpc) is 3.69. The van der Waals surface area contributed by atoms with E-state index in [9.17, 15) is 14.7 Å². The number of ether oxygens (including phenoxy) is 1. The van der Waals surface area contributed by atoms with Gasteiger partial charge in [-0.3, -0.25) is 24.5 Å². The number of nitrogens with one attached hydrogen (secondary N) is 3. The van der Waals surface area contributed by atoms with Gasteiger partial charge in [-0.15, -0.1) is 0 Å². The van der Waals surface area contributed by atoms with Gasteiger partial charge in [0.05, 0.1) is 40.3 Å². The van der Waals surface area contributed by atoms with Gasteiger partial charge in [0.15, 0.2) is 0 Å². The molecule has 4 aromatic rings. The topological polar surface area (TPSA) is 142 Å². The van der Waals surface area contributed by atoms with Gasteiger partial charge in [-0.05, 0) is 42.7 Å². The number of amides is 2. The molecule has 0 saturated carbocycles. The predicted octanol–water partition coefficient (Wildman–Crippen LogP) is 4.71. The van der Waals surface area contributed by atoms with E-state index >= 15 is 0 Å². The smallest absolute Gasteiger partial charge is 0.274 e. The third kappa shape index (κ3) is 7.72.